The molecule has 0 N–H and O–H groups in total. The predicted octanol–water partition coefficient (Wildman–Crippen LogP) is 4.93. The molecule has 0 saturated heterocycles. The SMILES string of the molecule is ClCc1nc2c(Cl)cccc2n1C1CCCCC1. The Hall–Kier alpha value is -0.730. The van der Waals surface area contributed by atoms with Gasteiger partial charge in [0.25, 0.3) is 0 Å². The number of halogens is 2. The predicted molar refractivity (Wildman–Crippen MR) is 76.4 cm³/mol. The molecular formula is C14H16Cl2N2. The Morgan fingerprint density at radius 1 is 1.22 bits per heavy atom. The fraction of sp³-hybridized carbons (Fsp3) is 0.500. The average Bonchev–Trinajstić information content (AvgIpc) is 2.80. The summed E-state index contributed by atoms with van der Waals surface area (Å²) in [5, 5.41) is 0.716. The highest BCUT2D eigenvalue weighted by Gasteiger charge is 2.21. The van der Waals surface area contributed by atoms with E-state index in [4.69, 9.17) is 23.2 Å². The van der Waals surface area contributed by atoms with Crippen LogP contribution in [-0.4, -0.2) is 9.55 Å². The highest BCUT2D eigenvalue weighted by molar-refractivity contribution is 6.35. The van der Waals surface area contributed by atoms with Gasteiger partial charge in [-0.05, 0) is 25.0 Å². The van der Waals surface area contributed by atoms with Gasteiger partial charge in [-0.2, -0.15) is 0 Å². The van der Waals surface area contributed by atoms with E-state index in [1.165, 1.54) is 32.1 Å². The number of imidazole rings is 1. The van der Waals surface area contributed by atoms with Gasteiger partial charge in [0.2, 0.25) is 0 Å². The van der Waals surface area contributed by atoms with Crippen molar-refractivity contribution in [3.8, 4) is 0 Å². The van der Waals surface area contributed by atoms with Crippen molar-refractivity contribution in [1.29, 1.82) is 0 Å². The lowest BCUT2D eigenvalue weighted by atomic mass is 9.95. The molecule has 2 nitrogen and oxygen atoms in total. The largest absolute Gasteiger partial charge is 0.324 e. The normalized spacial score (nSPS) is 17.4. The molecule has 18 heavy (non-hydrogen) atoms. The summed E-state index contributed by atoms with van der Waals surface area (Å²) in [6.45, 7) is 0. The van der Waals surface area contributed by atoms with Gasteiger partial charge >= 0.3 is 0 Å². The summed E-state index contributed by atoms with van der Waals surface area (Å²) in [4.78, 5) is 4.60. The Morgan fingerprint density at radius 3 is 2.72 bits per heavy atom. The van der Waals surface area contributed by atoms with Crippen molar-refractivity contribution in [3.05, 3.63) is 29.0 Å². The van der Waals surface area contributed by atoms with E-state index in [9.17, 15) is 0 Å². The molecule has 1 aromatic heterocycles. The maximum atomic E-state index is 6.22. The number of benzene rings is 1. The minimum atomic E-state index is 0.446. The van der Waals surface area contributed by atoms with E-state index in [-0.39, 0.29) is 0 Å². The van der Waals surface area contributed by atoms with Crippen LogP contribution in [-0.2, 0) is 5.88 Å². The van der Waals surface area contributed by atoms with E-state index in [2.05, 4.69) is 15.6 Å². The molecule has 0 aliphatic heterocycles. The van der Waals surface area contributed by atoms with Crippen LogP contribution in [0.15, 0.2) is 18.2 Å². The average molecular weight is 283 g/mol. The summed E-state index contributed by atoms with van der Waals surface area (Å²) in [6.07, 6.45) is 6.39. The Balaban J connectivity index is 2.16. The van der Waals surface area contributed by atoms with Gasteiger partial charge in [0, 0.05) is 6.04 Å². The molecule has 96 valence electrons. The van der Waals surface area contributed by atoms with Crippen molar-refractivity contribution in [1.82, 2.24) is 9.55 Å². The van der Waals surface area contributed by atoms with Crippen molar-refractivity contribution in [2.45, 2.75) is 44.0 Å². The fourth-order valence-electron chi connectivity index (χ4n) is 2.97. The van der Waals surface area contributed by atoms with Crippen LogP contribution in [0.4, 0.5) is 0 Å². The van der Waals surface area contributed by atoms with Gasteiger partial charge in [0.15, 0.2) is 0 Å². The molecule has 0 atom stereocenters. The second-order valence-corrected chi connectivity index (χ2v) is 5.61. The number of nitrogens with zero attached hydrogens (tertiary/aromatic N) is 2. The lowest BCUT2D eigenvalue weighted by Crippen LogP contribution is -2.14. The van der Waals surface area contributed by atoms with Gasteiger partial charge in [0.1, 0.15) is 11.3 Å². The van der Waals surface area contributed by atoms with Crippen molar-refractivity contribution < 1.29 is 0 Å². The zero-order chi connectivity index (χ0) is 12.5. The molecule has 1 aliphatic rings. The minimum Gasteiger partial charge on any atom is -0.324 e. The number of alkyl halides is 1. The topological polar surface area (TPSA) is 17.8 Å². The number of hydrogen-bond acceptors (Lipinski definition) is 1. The van der Waals surface area contributed by atoms with E-state index in [1.807, 2.05) is 12.1 Å². The number of hydrogen-bond donors (Lipinski definition) is 0. The highest BCUT2D eigenvalue weighted by Crippen LogP contribution is 2.34. The van der Waals surface area contributed by atoms with Crippen LogP contribution in [0.3, 0.4) is 0 Å². The molecular weight excluding hydrogens is 267 g/mol. The molecule has 0 unspecified atom stereocenters. The molecule has 1 heterocycles. The van der Waals surface area contributed by atoms with Crippen LogP contribution in [0, 0.1) is 0 Å². The lowest BCUT2D eigenvalue weighted by molar-refractivity contribution is 0.354. The van der Waals surface area contributed by atoms with Crippen molar-refractivity contribution in [2.75, 3.05) is 0 Å². The number of rotatable bonds is 2. The first kappa shape index (κ1) is 12.3. The molecule has 1 aromatic carbocycles. The van der Waals surface area contributed by atoms with Crippen LogP contribution in [0.5, 0.6) is 0 Å². The van der Waals surface area contributed by atoms with Crippen LogP contribution in [0.2, 0.25) is 5.02 Å². The maximum absolute atomic E-state index is 6.22. The second-order valence-electron chi connectivity index (χ2n) is 4.93. The summed E-state index contributed by atoms with van der Waals surface area (Å²) in [5.74, 6) is 1.40. The third-order valence-electron chi connectivity index (χ3n) is 3.80. The van der Waals surface area contributed by atoms with Crippen LogP contribution in [0.25, 0.3) is 11.0 Å². The van der Waals surface area contributed by atoms with Gasteiger partial charge in [-0.15, -0.1) is 11.6 Å². The van der Waals surface area contributed by atoms with E-state index in [0.29, 0.717) is 16.9 Å². The number of aromatic nitrogens is 2. The molecule has 1 saturated carbocycles. The van der Waals surface area contributed by atoms with Crippen molar-refractivity contribution in [3.63, 3.8) is 0 Å². The molecule has 1 fully saturated rings. The van der Waals surface area contributed by atoms with Crippen LogP contribution >= 0.6 is 23.2 Å². The molecule has 0 amide bonds. The highest BCUT2D eigenvalue weighted by atomic mass is 35.5. The number of para-hydroxylation sites is 1. The minimum absolute atomic E-state index is 0.446. The van der Waals surface area contributed by atoms with Gasteiger partial charge < -0.3 is 4.57 Å². The maximum Gasteiger partial charge on any atom is 0.125 e. The van der Waals surface area contributed by atoms with Crippen molar-refractivity contribution in [2.24, 2.45) is 0 Å². The zero-order valence-corrected chi connectivity index (χ0v) is 11.7. The standard InChI is InChI=1S/C14H16Cl2N2/c15-9-13-17-14-11(16)7-4-8-12(14)18(13)10-5-2-1-3-6-10/h4,7-8,10H,1-3,5-6,9H2. The summed E-state index contributed by atoms with van der Waals surface area (Å²) in [6, 6.07) is 6.51. The van der Waals surface area contributed by atoms with E-state index in [1.54, 1.807) is 0 Å². The van der Waals surface area contributed by atoms with Gasteiger partial charge in [-0.1, -0.05) is 36.9 Å². The second kappa shape index (κ2) is 5.10. The van der Waals surface area contributed by atoms with Gasteiger partial charge in [0.05, 0.1) is 16.4 Å². The molecule has 3 rings (SSSR count). The molecule has 0 bridgehead atoms. The first-order valence-electron chi connectivity index (χ1n) is 6.52. The third kappa shape index (κ3) is 2.02. The molecule has 2 aromatic rings. The summed E-state index contributed by atoms with van der Waals surface area (Å²) < 4.78 is 2.31. The van der Waals surface area contributed by atoms with Crippen LogP contribution < -0.4 is 0 Å². The summed E-state index contributed by atoms with van der Waals surface area (Å²) in [5.41, 5.74) is 2.02. The first-order valence-corrected chi connectivity index (χ1v) is 7.44. The van der Waals surface area contributed by atoms with Gasteiger partial charge in [-0.3, -0.25) is 0 Å². The fourth-order valence-corrected chi connectivity index (χ4v) is 3.37. The lowest BCUT2D eigenvalue weighted by Gasteiger charge is -2.25. The van der Waals surface area contributed by atoms with Crippen molar-refractivity contribution >= 4 is 34.2 Å². The molecule has 1 aliphatic carbocycles. The third-order valence-corrected chi connectivity index (χ3v) is 4.35. The monoisotopic (exact) mass is 282 g/mol. The quantitative estimate of drug-likeness (QED) is 0.714. The summed E-state index contributed by atoms with van der Waals surface area (Å²) in [7, 11) is 0. The smallest absolute Gasteiger partial charge is 0.125 e. The molecule has 4 heteroatoms. The Labute approximate surface area is 117 Å². The van der Waals surface area contributed by atoms with E-state index in [0.717, 1.165) is 16.9 Å². The van der Waals surface area contributed by atoms with E-state index >= 15 is 0 Å². The first-order chi connectivity index (χ1) is 8.81. The van der Waals surface area contributed by atoms with Gasteiger partial charge in [-0.25, -0.2) is 4.98 Å². The zero-order valence-electron chi connectivity index (χ0n) is 10.2. The van der Waals surface area contributed by atoms with E-state index < -0.39 is 0 Å². The summed E-state index contributed by atoms with van der Waals surface area (Å²) >= 11 is 12.3. The Morgan fingerprint density at radius 2 is 2.00 bits per heavy atom. The molecule has 0 radical (unpaired) electrons. The van der Waals surface area contributed by atoms with Crippen LogP contribution in [0.1, 0.15) is 44.0 Å². The number of fused-ring (bicyclic) bond motifs is 1. The Kier molecular flexibility index (Phi) is 3.49. The Bertz CT molecular complexity index is 556. The molecule has 0 spiro atoms.